The number of nitrogens with one attached hydrogen (secondary N) is 1. The number of fused-ring (bicyclic) bond motifs is 3. The van der Waals surface area contributed by atoms with Crippen molar-refractivity contribution in [3.05, 3.63) is 64.8 Å². The van der Waals surface area contributed by atoms with Gasteiger partial charge in [-0.3, -0.25) is 4.57 Å². The molecule has 1 aliphatic carbocycles. The largest absolute Gasteiger partial charge is 0.474 e. The summed E-state index contributed by atoms with van der Waals surface area (Å²) in [5, 5.41) is 13.9. The van der Waals surface area contributed by atoms with Gasteiger partial charge in [0, 0.05) is 35.7 Å². The summed E-state index contributed by atoms with van der Waals surface area (Å²) in [7, 11) is 0. The van der Waals surface area contributed by atoms with E-state index in [1.54, 1.807) is 6.20 Å². The molecule has 4 heterocycles. The van der Waals surface area contributed by atoms with E-state index in [2.05, 4.69) is 32.1 Å². The van der Waals surface area contributed by atoms with E-state index in [1.165, 1.54) is 5.56 Å². The fourth-order valence-electron chi connectivity index (χ4n) is 5.29. The molecule has 1 saturated carbocycles. The molecule has 0 amide bonds. The summed E-state index contributed by atoms with van der Waals surface area (Å²) in [4.78, 5) is 4.31. The Bertz CT molecular complexity index is 1110. The van der Waals surface area contributed by atoms with Gasteiger partial charge in [0.15, 0.2) is 0 Å². The number of hydrogen-bond donors (Lipinski definition) is 1. The van der Waals surface area contributed by atoms with Crippen molar-refractivity contribution in [1.29, 1.82) is 0 Å². The minimum absolute atomic E-state index is 0.201. The fraction of sp³-hybridized carbons (Fsp3) is 0.480. The van der Waals surface area contributed by atoms with Crippen LogP contribution in [0.25, 0.3) is 5.69 Å². The summed E-state index contributed by atoms with van der Waals surface area (Å²) in [6.45, 7) is 1.56. The summed E-state index contributed by atoms with van der Waals surface area (Å²) in [5.41, 5.74) is 2.41. The Kier molecular flexibility index (Phi) is 5.78. The van der Waals surface area contributed by atoms with Gasteiger partial charge in [0.2, 0.25) is 5.88 Å². The van der Waals surface area contributed by atoms with Gasteiger partial charge in [-0.25, -0.2) is 4.98 Å². The highest BCUT2D eigenvalue weighted by Crippen LogP contribution is 2.37. The number of ether oxygens (including phenoxy) is 2. The number of benzene rings is 1. The van der Waals surface area contributed by atoms with Crippen LogP contribution in [0.5, 0.6) is 5.88 Å². The van der Waals surface area contributed by atoms with Crippen molar-refractivity contribution in [1.82, 2.24) is 25.1 Å². The highest BCUT2D eigenvalue weighted by Gasteiger charge is 2.33. The third-order valence-corrected chi connectivity index (χ3v) is 7.24. The molecule has 8 heteroatoms. The molecule has 3 aliphatic rings. The van der Waals surface area contributed by atoms with E-state index in [-0.39, 0.29) is 12.1 Å². The maximum absolute atomic E-state index is 6.39. The third-order valence-electron chi connectivity index (χ3n) is 7.01. The monoisotopic (exact) mass is 465 g/mol. The molecule has 0 radical (unpaired) electrons. The molecule has 2 aromatic heterocycles. The molecule has 0 spiro atoms. The third kappa shape index (κ3) is 4.37. The van der Waals surface area contributed by atoms with E-state index >= 15 is 0 Å². The van der Waals surface area contributed by atoms with Gasteiger partial charge in [0.25, 0.3) is 0 Å². The number of nitrogens with zero attached hydrogens (tertiary/aromatic N) is 4. The number of rotatable bonds is 5. The molecule has 0 bridgehead atoms. The van der Waals surface area contributed by atoms with E-state index in [0.29, 0.717) is 17.8 Å². The molecule has 172 valence electrons. The van der Waals surface area contributed by atoms with E-state index in [9.17, 15) is 0 Å². The second-order valence-electron chi connectivity index (χ2n) is 9.35. The predicted molar refractivity (Wildman–Crippen MR) is 125 cm³/mol. The van der Waals surface area contributed by atoms with Gasteiger partial charge < -0.3 is 14.8 Å². The Balaban J connectivity index is 1.24. The lowest BCUT2D eigenvalue weighted by molar-refractivity contribution is -0.00999. The minimum Gasteiger partial charge on any atom is -0.474 e. The SMILES string of the molecule is Clc1ccc2c(c1)CC(NC1COC1)Cc1nnc([C@H]3CC[C@H](Oc4ccccn4)CC3)n1-2. The Morgan fingerprint density at radius 1 is 1.00 bits per heavy atom. The molecule has 1 atom stereocenters. The number of hydrogen-bond acceptors (Lipinski definition) is 6. The van der Waals surface area contributed by atoms with Gasteiger partial charge in [-0.05, 0) is 61.9 Å². The smallest absolute Gasteiger partial charge is 0.213 e. The minimum atomic E-state index is 0.201. The van der Waals surface area contributed by atoms with Crippen molar-refractivity contribution in [2.75, 3.05) is 13.2 Å². The average molecular weight is 466 g/mol. The molecule has 3 aromatic rings. The zero-order valence-corrected chi connectivity index (χ0v) is 19.2. The lowest BCUT2D eigenvalue weighted by Crippen LogP contribution is -2.51. The maximum atomic E-state index is 6.39. The fourth-order valence-corrected chi connectivity index (χ4v) is 5.49. The van der Waals surface area contributed by atoms with Gasteiger partial charge in [0.1, 0.15) is 17.8 Å². The Hall–Kier alpha value is -2.48. The van der Waals surface area contributed by atoms with E-state index in [4.69, 9.17) is 26.2 Å². The zero-order chi connectivity index (χ0) is 22.2. The van der Waals surface area contributed by atoms with Gasteiger partial charge in [-0.2, -0.15) is 0 Å². The van der Waals surface area contributed by atoms with Crippen LogP contribution in [0.4, 0.5) is 0 Å². The molecular weight excluding hydrogens is 438 g/mol. The van der Waals surface area contributed by atoms with Crippen LogP contribution in [-0.4, -0.2) is 51.1 Å². The van der Waals surface area contributed by atoms with Gasteiger partial charge in [-0.15, -0.1) is 10.2 Å². The van der Waals surface area contributed by atoms with Gasteiger partial charge in [0.05, 0.1) is 24.9 Å². The number of pyridine rings is 1. The standard InChI is InChI=1S/C25H28ClN5O2/c26-18-6-9-22-17(11-18)12-19(28-20-14-32-15-20)13-23-29-30-25(31(22)23)16-4-7-21(8-5-16)33-24-3-1-2-10-27-24/h1-3,6,9-11,16,19-21,28H,4-5,7-8,12-15H2/t16-,19?,21-. The first-order valence-corrected chi connectivity index (χ1v) is 12.2. The Morgan fingerprint density at radius 2 is 1.88 bits per heavy atom. The van der Waals surface area contributed by atoms with Crippen molar-refractivity contribution in [2.45, 2.75) is 62.6 Å². The lowest BCUT2D eigenvalue weighted by Gasteiger charge is -2.31. The first-order valence-electron chi connectivity index (χ1n) is 11.9. The second kappa shape index (κ2) is 9.05. The molecule has 1 N–H and O–H groups in total. The van der Waals surface area contributed by atoms with E-state index < -0.39 is 0 Å². The topological polar surface area (TPSA) is 74.1 Å². The van der Waals surface area contributed by atoms with Crippen LogP contribution in [-0.2, 0) is 17.6 Å². The summed E-state index contributed by atoms with van der Waals surface area (Å²) in [6, 6.07) is 12.7. The number of halogens is 1. The van der Waals surface area contributed by atoms with Crippen molar-refractivity contribution in [2.24, 2.45) is 0 Å². The molecule has 6 rings (SSSR count). The molecule has 33 heavy (non-hydrogen) atoms. The second-order valence-corrected chi connectivity index (χ2v) is 9.78. The first-order chi connectivity index (χ1) is 16.2. The zero-order valence-electron chi connectivity index (χ0n) is 18.5. The predicted octanol–water partition coefficient (Wildman–Crippen LogP) is 3.88. The molecule has 1 aromatic carbocycles. The molecule has 7 nitrogen and oxygen atoms in total. The lowest BCUT2D eigenvalue weighted by atomic mass is 9.86. The highest BCUT2D eigenvalue weighted by atomic mass is 35.5. The van der Waals surface area contributed by atoms with Gasteiger partial charge in [-0.1, -0.05) is 17.7 Å². The summed E-state index contributed by atoms with van der Waals surface area (Å²) in [6.07, 6.45) is 7.77. The summed E-state index contributed by atoms with van der Waals surface area (Å²) < 4.78 is 13.8. The normalized spacial score (nSPS) is 24.9. The van der Waals surface area contributed by atoms with Crippen LogP contribution in [0, 0.1) is 0 Å². The molecule has 1 saturated heterocycles. The maximum Gasteiger partial charge on any atom is 0.213 e. The van der Waals surface area contributed by atoms with Crippen LogP contribution in [0.2, 0.25) is 5.02 Å². The molecule has 2 fully saturated rings. The Morgan fingerprint density at radius 3 is 2.64 bits per heavy atom. The number of aromatic nitrogens is 4. The van der Waals surface area contributed by atoms with Crippen LogP contribution >= 0.6 is 11.6 Å². The average Bonchev–Trinajstić information content (AvgIpc) is 3.14. The van der Waals surface area contributed by atoms with Crippen LogP contribution in [0.1, 0.15) is 48.8 Å². The van der Waals surface area contributed by atoms with Crippen molar-refractivity contribution in [3.8, 4) is 11.6 Å². The van der Waals surface area contributed by atoms with E-state index in [1.807, 2.05) is 24.3 Å². The van der Waals surface area contributed by atoms with Crippen molar-refractivity contribution >= 4 is 11.6 Å². The van der Waals surface area contributed by atoms with Crippen LogP contribution in [0.3, 0.4) is 0 Å². The van der Waals surface area contributed by atoms with Gasteiger partial charge >= 0.3 is 0 Å². The van der Waals surface area contributed by atoms with E-state index in [0.717, 1.165) is 74.1 Å². The quantitative estimate of drug-likeness (QED) is 0.616. The van der Waals surface area contributed by atoms with Crippen molar-refractivity contribution in [3.63, 3.8) is 0 Å². The highest BCUT2D eigenvalue weighted by molar-refractivity contribution is 6.30. The molecule has 2 aliphatic heterocycles. The van der Waals surface area contributed by atoms with Crippen molar-refractivity contribution < 1.29 is 9.47 Å². The molecular formula is C25H28ClN5O2. The Labute approximate surface area is 198 Å². The first kappa shape index (κ1) is 21.1. The summed E-state index contributed by atoms with van der Waals surface area (Å²) >= 11 is 6.39. The summed E-state index contributed by atoms with van der Waals surface area (Å²) in [5.74, 6) is 3.16. The molecule has 1 unspecified atom stereocenters. The van der Waals surface area contributed by atoms with Crippen LogP contribution in [0.15, 0.2) is 42.6 Å². The van der Waals surface area contributed by atoms with Crippen LogP contribution < -0.4 is 10.1 Å².